The van der Waals surface area contributed by atoms with Gasteiger partial charge in [-0.2, -0.15) is 0 Å². The summed E-state index contributed by atoms with van der Waals surface area (Å²) in [4.78, 5) is 0. The molecule has 1 aromatic rings. The van der Waals surface area contributed by atoms with Gasteiger partial charge in [0.2, 0.25) is 0 Å². The molecule has 0 radical (unpaired) electrons. The van der Waals surface area contributed by atoms with Crippen LogP contribution in [0.15, 0.2) is 43.0 Å². The zero-order valence-electron chi connectivity index (χ0n) is 13.6. The third-order valence-electron chi connectivity index (χ3n) is 3.40. The second kappa shape index (κ2) is 9.19. The van der Waals surface area contributed by atoms with Crippen molar-refractivity contribution < 1.29 is 13.3 Å². The fourth-order valence-electron chi connectivity index (χ4n) is 2.31. The van der Waals surface area contributed by atoms with Crippen molar-refractivity contribution in [1.29, 1.82) is 0 Å². The molecule has 0 heterocycles. The molecular formula is C16H28N2O3Si. The van der Waals surface area contributed by atoms with Gasteiger partial charge >= 0.3 is 8.80 Å². The van der Waals surface area contributed by atoms with Gasteiger partial charge in [-0.15, -0.1) is 6.58 Å². The molecule has 124 valence electrons. The molecule has 22 heavy (non-hydrogen) atoms. The Morgan fingerprint density at radius 2 is 2.00 bits per heavy atom. The zero-order valence-corrected chi connectivity index (χ0v) is 14.6. The highest BCUT2D eigenvalue weighted by molar-refractivity contribution is 6.60. The van der Waals surface area contributed by atoms with Crippen LogP contribution in [0.5, 0.6) is 0 Å². The van der Waals surface area contributed by atoms with Crippen molar-refractivity contribution in [2.75, 3.05) is 20.3 Å². The quantitative estimate of drug-likeness (QED) is 0.371. The van der Waals surface area contributed by atoms with E-state index in [9.17, 15) is 0 Å². The Balaban J connectivity index is 3.09. The molecule has 0 saturated heterocycles. The minimum atomic E-state index is -2.90. The molecule has 0 fully saturated rings. The summed E-state index contributed by atoms with van der Waals surface area (Å²) >= 11 is 0. The van der Waals surface area contributed by atoms with E-state index in [-0.39, 0.29) is 0 Å². The van der Waals surface area contributed by atoms with E-state index in [0.29, 0.717) is 25.6 Å². The zero-order chi connectivity index (χ0) is 16.5. The van der Waals surface area contributed by atoms with Crippen LogP contribution in [0.2, 0.25) is 6.04 Å². The lowest BCUT2D eigenvalue weighted by molar-refractivity contribution is -0.0264. The fraction of sp³-hybridized carbons (Fsp3) is 0.500. The number of nitrogens with two attached hydrogens (primary N) is 2. The van der Waals surface area contributed by atoms with Gasteiger partial charge in [-0.3, -0.25) is 0 Å². The molecule has 2 atom stereocenters. The molecule has 1 aromatic carbocycles. The Kier molecular flexibility index (Phi) is 7.95. The van der Waals surface area contributed by atoms with E-state index in [4.69, 9.17) is 24.7 Å². The Morgan fingerprint density at radius 3 is 2.50 bits per heavy atom. The summed E-state index contributed by atoms with van der Waals surface area (Å²) in [6.45, 7) is 6.52. The summed E-state index contributed by atoms with van der Waals surface area (Å²) in [7, 11) is -1.29. The minimum Gasteiger partial charge on any atom is -0.377 e. The molecule has 5 nitrogen and oxygen atoms in total. The van der Waals surface area contributed by atoms with Crippen LogP contribution in [0, 0.1) is 0 Å². The van der Waals surface area contributed by atoms with Crippen molar-refractivity contribution in [3.63, 3.8) is 0 Å². The Hall–Kier alpha value is -1.02. The van der Waals surface area contributed by atoms with Gasteiger partial charge in [-0.1, -0.05) is 49.8 Å². The maximum Gasteiger partial charge on any atom is 0.502 e. The van der Waals surface area contributed by atoms with Crippen molar-refractivity contribution in [2.45, 2.75) is 31.5 Å². The second-order valence-electron chi connectivity index (χ2n) is 5.13. The summed E-state index contributed by atoms with van der Waals surface area (Å²) in [5.41, 5.74) is 12.1. The predicted molar refractivity (Wildman–Crippen MR) is 91.1 cm³/mol. The van der Waals surface area contributed by atoms with Crippen LogP contribution in [0.1, 0.15) is 25.3 Å². The summed E-state index contributed by atoms with van der Waals surface area (Å²) < 4.78 is 17.8. The average molecular weight is 324 g/mol. The van der Waals surface area contributed by atoms with E-state index < -0.39 is 14.5 Å². The van der Waals surface area contributed by atoms with Crippen LogP contribution in [-0.2, 0) is 19.0 Å². The maximum atomic E-state index is 6.54. The van der Waals surface area contributed by atoms with Crippen molar-refractivity contribution in [3.8, 4) is 0 Å². The average Bonchev–Trinajstić information content (AvgIpc) is 2.54. The third-order valence-corrected chi connectivity index (χ3v) is 6.42. The lowest BCUT2D eigenvalue weighted by atomic mass is 10.0. The largest absolute Gasteiger partial charge is 0.502 e. The van der Waals surface area contributed by atoms with Gasteiger partial charge in [0.1, 0.15) is 5.72 Å². The van der Waals surface area contributed by atoms with Crippen LogP contribution >= 0.6 is 0 Å². The van der Waals surface area contributed by atoms with Gasteiger partial charge in [-0.25, -0.2) is 0 Å². The first-order valence-electron chi connectivity index (χ1n) is 7.60. The first kappa shape index (κ1) is 19.0. The van der Waals surface area contributed by atoms with E-state index in [1.54, 1.807) is 13.2 Å². The molecule has 6 heteroatoms. The highest BCUT2D eigenvalue weighted by Crippen LogP contribution is 2.30. The standard InChI is InChI=1S/C16H28N2O3Si/c1-4-13-20-22(19-3,14-5-2)21-16(18,11-12-17)15-9-7-6-8-10-15/h4,6-10H,1,5,11-14,17-18H2,2-3H3. The van der Waals surface area contributed by atoms with Gasteiger partial charge in [0, 0.05) is 19.6 Å². The molecule has 1 rings (SSSR count). The van der Waals surface area contributed by atoms with Gasteiger partial charge in [-0.05, 0) is 12.1 Å². The second-order valence-corrected chi connectivity index (χ2v) is 7.90. The molecule has 2 unspecified atom stereocenters. The molecule has 0 bridgehead atoms. The Labute approximate surface area is 134 Å². The van der Waals surface area contributed by atoms with Crippen molar-refractivity contribution in [1.82, 2.24) is 0 Å². The van der Waals surface area contributed by atoms with Crippen molar-refractivity contribution in [2.24, 2.45) is 11.5 Å². The molecule has 0 spiro atoms. The lowest BCUT2D eigenvalue weighted by Crippen LogP contribution is -2.55. The number of benzene rings is 1. The summed E-state index contributed by atoms with van der Waals surface area (Å²) in [6.07, 6.45) is 3.05. The fourth-order valence-corrected chi connectivity index (χ4v) is 4.78. The van der Waals surface area contributed by atoms with E-state index in [1.165, 1.54) is 0 Å². The molecule has 4 N–H and O–H groups in total. The maximum absolute atomic E-state index is 6.54. The minimum absolute atomic E-state index is 0.369. The van der Waals surface area contributed by atoms with Crippen LogP contribution < -0.4 is 11.5 Å². The normalized spacial score (nSPS) is 16.7. The topological polar surface area (TPSA) is 79.7 Å². The molecule has 0 aliphatic rings. The molecule has 0 aromatic heterocycles. The molecule has 0 amide bonds. The summed E-state index contributed by atoms with van der Waals surface area (Å²) in [5, 5.41) is 0. The van der Waals surface area contributed by atoms with E-state index >= 15 is 0 Å². The van der Waals surface area contributed by atoms with Crippen LogP contribution in [0.25, 0.3) is 0 Å². The van der Waals surface area contributed by atoms with Crippen molar-refractivity contribution in [3.05, 3.63) is 48.6 Å². The monoisotopic (exact) mass is 324 g/mol. The number of rotatable bonds is 11. The van der Waals surface area contributed by atoms with E-state index in [1.807, 2.05) is 30.3 Å². The molecule has 0 aliphatic heterocycles. The third kappa shape index (κ3) is 5.01. The molecule has 0 saturated carbocycles. The molecule has 0 aliphatic carbocycles. The van der Waals surface area contributed by atoms with Crippen LogP contribution in [0.4, 0.5) is 0 Å². The number of hydrogen-bond donors (Lipinski definition) is 2. The lowest BCUT2D eigenvalue weighted by Gasteiger charge is -2.38. The molecular weight excluding hydrogens is 296 g/mol. The van der Waals surface area contributed by atoms with Crippen molar-refractivity contribution >= 4 is 8.80 Å². The smallest absolute Gasteiger partial charge is 0.377 e. The van der Waals surface area contributed by atoms with Gasteiger partial charge in [0.25, 0.3) is 0 Å². The first-order chi connectivity index (χ1) is 10.6. The van der Waals surface area contributed by atoms with Gasteiger partial charge in [0.15, 0.2) is 0 Å². The number of hydrogen-bond acceptors (Lipinski definition) is 5. The van der Waals surface area contributed by atoms with Gasteiger partial charge in [0.05, 0.1) is 6.61 Å². The first-order valence-corrected chi connectivity index (χ1v) is 9.53. The van der Waals surface area contributed by atoms with Crippen LogP contribution in [0.3, 0.4) is 0 Å². The van der Waals surface area contributed by atoms with E-state index in [0.717, 1.165) is 12.0 Å². The highest BCUT2D eigenvalue weighted by Gasteiger charge is 2.46. The SMILES string of the molecule is C=CCO[Si](CCC)(OC)OC(N)(CCN)c1ccccc1. The Bertz CT molecular complexity index is 446. The highest BCUT2D eigenvalue weighted by atomic mass is 28.4. The predicted octanol–water partition coefficient (Wildman–Crippen LogP) is 2.36. The Morgan fingerprint density at radius 1 is 1.32 bits per heavy atom. The van der Waals surface area contributed by atoms with Gasteiger partial charge < -0.3 is 24.7 Å². The summed E-state index contributed by atoms with van der Waals surface area (Å²) in [6, 6.07) is 10.4. The van der Waals surface area contributed by atoms with Crippen LogP contribution in [-0.4, -0.2) is 29.1 Å². The summed E-state index contributed by atoms with van der Waals surface area (Å²) in [5.74, 6) is 0. The van der Waals surface area contributed by atoms with E-state index in [2.05, 4.69) is 13.5 Å².